The molecule has 0 amide bonds. The number of carbonyl (C=O) groups excluding carboxylic acids is 3. The third-order valence-corrected chi connectivity index (χ3v) is 5.01. The van der Waals surface area contributed by atoms with Crippen LogP contribution in [-0.4, -0.2) is 24.6 Å². The van der Waals surface area contributed by atoms with E-state index in [4.69, 9.17) is 9.15 Å². The molecule has 1 aromatic carbocycles. The molecular weight excluding hydrogens is 308 g/mol. The van der Waals surface area contributed by atoms with Gasteiger partial charge in [-0.3, -0.25) is 14.4 Å². The lowest BCUT2D eigenvalue weighted by Gasteiger charge is -2.27. The third kappa shape index (κ3) is 1.84. The summed E-state index contributed by atoms with van der Waals surface area (Å²) in [6, 6.07) is 3.64. The van der Waals surface area contributed by atoms with E-state index in [0.29, 0.717) is 40.9 Å². The highest BCUT2D eigenvalue weighted by Crippen LogP contribution is 2.43. The van der Waals surface area contributed by atoms with Gasteiger partial charge in [0, 0.05) is 11.1 Å². The van der Waals surface area contributed by atoms with Gasteiger partial charge < -0.3 is 9.15 Å². The van der Waals surface area contributed by atoms with E-state index in [1.807, 2.05) is 6.07 Å². The van der Waals surface area contributed by atoms with E-state index in [-0.39, 0.29) is 11.9 Å². The van der Waals surface area contributed by atoms with Gasteiger partial charge in [0.2, 0.25) is 11.6 Å². The topological polar surface area (TPSA) is 73.6 Å². The van der Waals surface area contributed by atoms with E-state index >= 15 is 0 Å². The Kier molecular flexibility index (Phi) is 3.20. The number of benzene rings is 1. The fourth-order valence-electron chi connectivity index (χ4n) is 3.89. The second-order valence-corrected chi connectivity index (χ2v) is 6.30. The molecule has 2 aliphatic carbocycles. The molecule has 0 N–H and O–H groups in total. The van der Waals surface area contributed by atoms with Crippen LogP contribution in [0.25, 0.3) is 11.3 Å². The van der Waals surface area contributed by atoms with Crippen LogP contribution in [0, 0.1) is 6.92 Å². The molecule has 1 unspecified atom stereocenters. The maximum Gasteiger partial charge on any atom is 0.313 e. The normalized spacial score (nSPS) is 18.7. The van der Waals surface area contributed by atoms with Crippen LogP contribution in [0.2, 0.25) is 0 Å². The molecule has 1 atom stereocenters. The Morgan fingerprint density at radius 1 is 1.21 bits per heavy atom. The summed E-state index contributed by atoms with van der Waals surface area (Å²) in [6.45, 7) is 1.75. The SMILES string of the molecule is COC(=O)C1CCCc2c1ccc1c2C(=O)C(=O)c2c(C)coc2-1. The van der Waals surface area contributed by atoms with Gasteiger partial charge in [0.05, 0.1) is 24.9 Å². The maximum atomic E-state index is 12.7. The summed E-state index contributed by atoms with van der Waals surface area (Å²) in [5.74, 6) is -1.27. The highest BCUT2D eigenvalue weighted by molar-refractivity contribution is 6.53. The average Bonchev–Trinajstić information content (AvgIpc) is 2.99. The van der Waals surface area contributed by atoms with Crippen molar-refractivity contribution in [3.05, 3.63) is 46.2 Å². The number of Topliss-reactive ketones (excluding diaryl/α,β-unsaturated/α-hetero) is 2. The number of ketones is 2. The van der Waals surface area contributed by atoms with E-state index in [1.165, 1.54) is 13.4 Å². The van der Waals surface area contributed by atoms with Crippen LogP contribution in [0.1, 0.15) is 56.2 Å². The second-order valence-electron chi connectivity index (χ2n) is 6.30. The van der Waals surface area contributed by atoms with Gasteiger partial charge in [-0.1, -0.05) is 12.1 Å². The van der Waals surface area contributed by atoms with E-state index in [9.17, 15) is 14.4 Å². The Morgan fingerprint density at radius 3 is 2.71 bits per heavy atom. The first-order valence-corrected chi connectivity index (χ1v) is 7.95. The fourth-order valence-corrected chi connectivity index (χ4v) is 3.89. The Labute approximate surface area is 138 Å². The summed E-state index contributed by atoms with van der Waals surface area (Å²) in [7, 11) is 1.36. The molecule has 0 aliphatic heterocycles. The van der Waals surface area contributed by atoms with Gasteiger partial charge in [-0.15, -0.1) is 0 Å². The van der Waals surface area contributed by atoms with Gasteiger partial charge in [-0.2, -0.15) is 0 Å². The highest BCUT2D eigenvalue weighted by atomic mass is 16.5. The van der Waals surface area contributed by atoms with E-state index in [2.05, 4.69) is 0 Å². The molecule has 122 valence electrons. The van der Waals surface area contributed by atoms with Crippen LogP contribution < -0.4 is 0 Å². The number of hydrogen-bond donors (Lipinski definition) is 0. The van der Waals surface area contributed by atoms with E-state index in [1.54, 1.807) is 13.0 Å². The molecule has 2 aliphatic rings. The Morgan fingerprint density at radius 2 is 1.96 bits per heavy atom. The van der Waals surface area contributed by atoms with Crippen molar-refractivity contribution in [3.8, 4) is 11.3 Å². The van der Waals surface area contributed by atoms with Gasteiger partial charge in [-0.25, -0.2) is 0 Å². The smallest absolute Gasteiger partial charge is 0.313 e. The van der Waals surface area contributed by atoms with Crippen molar-refractivity contribution in [2.75, 3.05) is 7.11 Å². The fraction of sp³-hybridized carbons (Fsp3) is 0.316. The molecule has 0 saturated heterocycles. The summed E-state index contributed by atoms with van der Waals surface area (Å²) in [4.78, 5) is 37.3. The monoisotopic (exact) mass is 324 g/mol. The summed E-state index contributed by atoms with van der Waals surface area (Å²) in [6.07, 6.45) is 3.63. The molecule has 2 aromatic rings. The lowest BCUT2D eigenvalue weighted by atomic mass is 9.75. The van der Waals surface area contributed by atoms with Crippen LogP contribution in [0.5, 0.6) is 0 Å². The number of ether oxygens (including phenoxy) is 1. The molecule has 5 nitrogen and oxygen atoms in total. The van der Waals surface area contributed by atoms with Crippen LogP contribution in [0.15, 0.2) is 22.8 Å². The first kappa shape index (κ1) is 14.9. The molecule has 0 fully saturated rings. The summed E-state index contributed by atoms with van der Waals surface area (Å²) < 4.78 is 10.4. The number of aryl methyl sites for hydroxylation is 1. The zero-order chi connectivity index (χ0) is 17.0. The highest BCUT2D eigenvalue weighted by Gasteiger charge is 2.39. The van der Waals surface area contributed by atoms with Crippen molar-refractivity contribution in [2.24, 2.45) is 0 Å². The minimum absolute atomic E-state index is 0.306. The van der Waals surface area contributed by atoms with Crippen LogP contribution >= 0.6 is 0 Å². The van der Waals surface area contributed by atoms with Gasteiger partial charge in [-0.05, 0) is 42.9 Å². The van der Waals surface area contributed by atoms with Gasteiger partial charge >= 0.3 is 5.97 Å². The largest absolute Gasteiger partial charge is 0.469 e. The average molecular weight is 324 g/mol. The first-order chi connectivity index (χ1) is 11.5. The first-order valence-electron chi connectivity index (χ1n) is 7.95. The quantitative estimate of drug-likeness (QED) is 0.595. The molecule has 0 saturated carbocycles. The number of furan rings is 1. The number of hydrogen-bond acceptors (Lipinski definition) is 5. The van der Waals surface area contributed by atoms with Crippen molar-refractivity contribution >= 4 is 17.5 Å². The van der Waals surface area contributed by atoms with Gasteiger partial charge in [0.1, 0.15) is 5.76 Å². The lowest BCUT2D eigenvalue weighted by Crippen LogP contribution is -2.27. The maximum absolute atomic E-state index is 12.7. The standard InChI is InChI=1S/C19H16O5/c1-9-8-24-18-13-7-6-10-11(4-3-5-12(10)19(22)23-2)15(13)17(21)16(20)14(9)18/h6-8,12H,3-5H2,1-2H3. The Balaban J connectivity index is 1.98. The minimum atomic E-state index is -0.530. The summed E-state index contributed by atoms with van der Waals surface area (Å²) in [5, 5.41) is 0. The second kappa shape index (κ2) is 5.16. The van der Waals surface area contributed by atoms with E-state index in [0.717, 1.165) is 17.5 Å². The molecule has 24 heavy (non-hydrogen) atoms. The molecular formula is C19H16O5. The number of carbonyl (C=O) groups is 3. The molecule has 1 heterocycles. The zero-order valence-corrected chi connectivity index (χ0v) is 13.5. The minimum Gasteiger partial charge on any atom is -0.469 e. The van der Waals surface area contributed by atoms with E-state index < -0.39 is 11.6 Å². The van der Waals surface area contributed by atoms with Crippen molar-refractivity contribution in [2.45, 2.75) is 32.1 Å². The van der Waals surface area contributed by atoms with Crippen molar-refractivity contribution < 1.29 is 23.5 Å². The number of rotatable bonds is 1. The predicted octanol–water partition coefficient (Wildman–Crippen LogP) is 3.23. The van der Waals surface area contributed by atoms with Crippen molar-refractivity contribution in [1.82, 2.24) is 0 Å². The predicted molar refractivity (Wildman–Crippen MR) is 85.2 cm³/mol. The van der Waals surface area contributed by atoms with Crippen LogP contribution in [-0.2, 0) is 16.0 Å². The number of esters is 1. The third-order valence-electron chi connectivity index (χ3n) is 5.01. The zero-order valence-electron chi connectivity index (χ0n) is 13.5. The van der Waals surface area contributed by atoms with Gasteiger partial charge in [0.15, 0.2) is 0 Å². The number of methoxy groups -OCH3 is 1. The molecule has 0 spiro atoms. The summed E-state index contributed by atoms with van der Waals surface area (Å²) in [5.41, 5.74) is 3.64. The molecule has 4 rings (SSSR count). The lowest BCUT2D eigenvalue weighted by molar-refractivity contribution is -0.142. The Hall–Kier alpha value is -2.69. The summed E-state index contributed by atoms with van der Waals surface area (Å²) >= 11 is 0. The molecule has 5 heteroatoms. The van der Waals surface area contributed by atoms with Crippen LogP contribution in [0.4, 0.5) is 0 Å². The molecule has 0 radical (unpaired) electrons. The Bertz CT molecular complexity index is 903. The number of fused-ring (bicyclic) bond motifs is 5. The van der Waals surface area contributed by atoms with Crippen molar-refractivity contribution in [3.63, 3.8) is 0 Å². The molecule has 0 bridgehead atoms. The van der Waals surface area contributed by atoms with Crippen LogP contribution in [0.3, 0.4) is 0 Å². The molecule has 1 aromatic heterocycles. The van der Waals surface area contributed by atoms with Gasteiger partial charge in [0.25, 0.3) is 0 Å². The van der Waals surface area contributed by atoms with Crippen molar-refractivity contribution in [1.29, 1.82) is 0 Å².